The van der Waals surface area contributed by atoms with E-state index in [1.807, 2.05) is 12.1 Å². The average Bonchev–Trinajstić information content (AvgIpc) is 2.40. The molecule has 2 aromatic carbocycles. The molecule has 100 valence electrons. The molecule has 0 fully saturated rings. The number of nitrogens with one attached hydrogen (secondary N) is 1. The second-order valence-electron chi connectivity index (χ2n) is 3.95. The van der Waals surface area contributed by atoms with Crippen LogP contribution in [0.1, 0.15) is 5.56 Å². The maximum atomic E-state index is 13.0. The number of hydrogen-bond donors (Lipinski definition) is 1. The van der Waals surface area contributed by atoms with Gasteiger partial charge in [0.05, 0.1) is 17.2 Å². The molecule has 0 saturated carbocycles. The van der Waals surface area contributed by atoms with Gasteiger partial charge in [0.25, 0.3) is 0 Å². The zero-order valence-corrected chi connectivity index (χ0v) is 11.7. The first kappa shape index (κ1) is 14.0. The monoisotopic (exact) mass is 299 g/mol. The highest BCUT2D eigenvalue weighted by molar-refractivity contribution is 6.32. The first-order chi connectivity index (χ1) is 9.10. The molecular formula is C14H12Cl2FNO. The number of anilines is 1. The fourth-order valence-corrected chi connectivity index (χ4v) is 2.09. The van der Waals surface area contributed by atoms with E-state index in [1.165, 1.54) is 6.07 Å². The van der Waals surface area contributed by atoms with Gasteiger partial charge in [-0.05, 0) is 35.9 Å². The molecule has 0 heterocycles. The number of benzene rings is 2. The molecule has 2 aromatic rings. The molecule has 0 atom stereocenters. The molecule has 0 bridgehead atoms. The maximum Gasteiger partial charge on any atom is 0.141 e. The summed E-state index contributed by atoms with van der Waals surface area (Å²) in [6, 6.07) is 10.0. The Morgan fingerprint density at radius 3 is 2.53 bits per heavy atom. The van der Waals surface area contributed by atoms with E-state index in [-0.39, 0.29) is 5.02 Å². The van der Waals surface area contributed by atoms with E-state index in [0.29, 0.717) is 17.3 Å². The minimum atomic E-state index is -0.431. The second-order valence-corrected chi connectivity index (χ2v) is 4.77. The molecular weight excluding hydrogens is 288 g/mol. The standard InChI is InChI=1S/C14H12Cl2FNO/c1-19-14-5-2-9(6-12(14)16)8-18-10-3-4-13(17)11(15)7-10/h2-7,18H,8H2,1H3. The summed E-state index contributed by atoms with van der Waals surface area (Å²) in [6.07, 6.45) is 0. The molecule has 0 spiro atoms. The van der Waals surface area contributed by atoms with Gasteiger partial charge in [-0.1, -0.05) is 29.3 Å². The van der Waals surface area contributed by atoms with Gasteiger partial charge in [0, 0.05) is 12.2 Å². The van der Waals surface area contributed by atoms with Crippen LogP contribution in [-0.2, 0) is 6.54 Å². The van der Waals surface area contributed by atoms with Gasteiger partial charge < -0.3 is 10.1 Å². The van der Waals surface area contributed by atoms with Crippen LogP contribution in [0.2, 0.25) is 10.0 Å². The Morgan fingerprint density at radius 1 is 1.11 bits per heavy atom. The lowest BCUT2D eigenvalue weighted by Gasteiger charge is -2.09. The minimum Gasteiger partial charge on any atom is -0.495 e. The fourth-order valence-electron chi connectivity index (χ4n) is 1.63. The maximum absolute atomic E-state index is 13.0. The molecule has 0 aliphatic carbocycles. The van der Waals surface area contributed by atoms with Crippen LogP contribution in [0.5, 0.6) is 5.75 Å². The predicted molar refractivity (Wildman–Crippen MR) is 76.7 cm³/mol. The van der Waals surface area contributed by atoms with E-state index in [2.05, 4.69) is 5.32 Å². The van der Waals surface area contributed by atoms with Gasteiger partial charge in [-0.2, -0.15) is 0 Å². The highest BCUT2D eigenvalue weighted by atomic mass is 35.5. The molecule has 0 amide bonds. The third-order valence-corrected chi connectivity index (χ3v) is 3.22. The summed E-state index contributed by atoms with van der Waals surface area (Å²) < 4.78 is 18.1. The van der Waals surface area contributed by atoms with Crippen molar-refractivity contribution in [2.24, 2.45) is 0 Å². The van der Waals surface area contributed by atoms with E-state index < -0.39 is 5.82 Å². The topological polar surface area (TPSA) is 21.3 Å². The smallest absolute Gasteiger partial charge is 0.141 e. The van der Waals surface area contributed by atoms with Crippen LogP contribution in [0.15, 0.2) is 36.4 Å². The SMILES string of the molecule is COc1ccc(CNc2ccc(F)c(Cl)c2)cc1Cl. The molecule has 0 unspecified atom stereocenters. The number of methoxy groups -OCH3 is 1. The number of ether oxygens (including phenoxy) is 1. The van der Waals surface area contributed by atoms with Crippen molar-refractivity contribution in [1.82, 2.24) is 0 Å². The van der Waals surface area contributed by atoms with Crippen LogP contribution in [-0.4, -0.2) is 7.11 Å². The van der Waals surface area contributed by atoms with Crippen molar-refractivity contribution >= 4 is 28.9 Å². The number of halogens is 3. The third kappa shape index (κ3) is 3.52. The minimum absolute atomic E-state index is 0.0952. The van der Waals surface area contributed by atoms with Gasteiger partial charge in [0.1, 0.15) is 11.6 Å². The van der Waals surface area contributed by atoms with Crippen molar-refractivity contribution < 1.29 is 9.13 Å². The Morgan fingerprint density at radius 2 is 1.89 bits per heavy atom. The first-order valence-corrected chi connectivity index (χ1v) is 6.37. The van der Waals surface area contributed by atoms with Crippen LogP contribution in [0.4, 0.5) is 10.1 Å². The fraction of sp³-hybridized carbons (Fsp3) is 0.143. The van der Waals surface area contributed by atoms with Crippen molar-refractivity contribution in [2.75, 3.05) is 12.4 Å². The van der Waals surface area contributed by atoms with Gasteiger partial charge in [-0.3, -0.25) is 0 Å². The normalized spacial score (nSPS) is 10.3. The first-order valence-electron chi connectivity index (χ1n) is 5.61. The van der Waals surface area contributed by atoms with Gasteiger partial charge in [0.15, 0.2) is 0 Å². The molecule has 0 aromatic heterocycles. The number of rotatable bonds is 4. The molecule has 19 heavy (non-hydrogen) atoms. The Kier molecular flexibility index (Phi) is 4.51. The lowest BCUT2D eigenvalue weighted by Crippen LogP contribution is -2.00. The zero-order chi connectivity index (χ0) is 13.8. The predicted octanol–water partition coefficient (Wildman–Crippen LogP) is 4.75. The lowest BCUT2D eigenvalue weighted by atomic mass is 10.2. The largest absolute Gasteiger partial charge is 0.495 e. The van der Waals surface area contributed by atoms with Gasteiger partial charge in [0.2, 0.25) is 0 Å². The van der Waals surface area contributed by atoms with Crippen LogP contribution in [0.25, 0.3) is 0 Å². The summed E-state index contributed by atoms with van der Waals surface area (Å²) >= 11 is 11.7. The number of hydrogen-bond acceptors (Lipinski definition) is 2. The van der Waals surface area contributed by atoms with Crippen molar-refractivity contribution in [3.8, 4) is 5.75 Å². The van der Waals surface area contributed by atoms with Crippen LogP contribution in [0, 0.1) is 5.82 Å². The highest BCUT2D eigenvalue weighted by Crippen LogP contribution is 2.25. The van der Waals surface area contributed by atoms with E-state index >= 15 is 0 Å². The Hall–Kier alpha value is -1.45. The molecule has 5 heteroatoms. The van der Waals surface area contributed by atoms with Gasteiger partial charge >= 0.3 is 0 Å². The molecule has 0 saturated heterocycles. The van der Waals surface area contributed by atoms with Crippen LogP contribution in [0.3, 0.4) is 0 Å². The average molecular weight is 300 g/mol. The summed E-state index contributed by atoms with van der Waals surface area (Å²) in [5, 5.41) is 3.79. The van der Waals surface area contributed by atoms with Crippen LogP contribution >= 0.6 is 23.2 Å². The molecule has 2 nitrogen and oxygen atoms in total. The second kappa shape index (κ2) is 6.13. The van der Waals surface area contributed by atoms with E-state index in [1.54, 1.807) is 25.3 Å². The van der Waals surface area contributed by atoms with Crippen molar-refractivity contribution in [2.45, 2.75) is 6.54 Å². The summed E-state index contributed by atoms with van der Waals surface area (Å²) in [5.74, 6) is 0.204. The quantitative estimate of drug-likeness (QED) is 0.879. The van der Waals surface area contributed by atoms with Crippen molar-refractivity contribution in [3.63, 3.8) is 0 Å². The van der Waals surface area contributed by atoms with Crippen LogP contribution < -0.4 is 10.1 Å². The van der Waals surface area contributed by atoms with Gasteiger partial charge in [-0.15, -0.1) is 0 Å². The summed E-state index contributed by atoms with van der Waals surface area (Å²) in [6.45, 7) is 0.561. The molecule has 0 aliphatic rings. The Balaban J connectivity index is 2.05. The summed E-state index contributed by atoms with van der Waals surface area (Å²) in [5.41, 5.74) is 1.74. The van der Waals surface area contributed by atoms with Gasteiger partial charge in [-0.25, -0.2) is 4.39 Å². The molecule has 0 radical (unpaired) electrons. The van der Waals surface area contributed by atoms with Crippen molar-refractivity contribution in [1.29, 1.82) is 0 Å². The summed E-state index contributed by atoms with van der Waals surface area (Å²) in [7, 11) is 1.57. The lowest BCUT2D eigenvalue weighted by molar-refractivity contribution is 0.415. The molecule has 0 aliphatic heterocycles. The summed E-state index contributed by atoms with van der Waals surface area (Å²) in [4.78, 5) is 0. The molecule has 1 N–H and O–H groups in total. The third-order valence-electron chi connectivity index (χ3n) is 2.63. The molecule has 2 rings (SSSR count). The zero-order valence-electron chi connectivity index (χ0n) is 10.2. The van der Waals surface area contributed by atoms with Crippen molar-refractivity contribution in [3.05, 3.63) is 57.8 Å². The van der Waals surface area contributed by atoms with E-state index in [4.69, 9.17) is 27.9 Å². The highest BCUT2D eigenvalue weighted by Gasteiger charge is 2.03. The van der Waals surface area contributed by atoms with E-state index in [0.717, 1.165) is 11.3 Å². The van der Waals surface area contributed by atoms with E-state index in [9.17, 15) is 4.39 Å². The Bertz CT molecular complexity index is 590. The Labute approximate surface area is 121 Å².